The van der Waals surface area contributed by atoms with Crippen molar-refractivity contribution in [3.8, 4) is 0 Å². The first-order chi connectivity index (χ1) is 53.3. The van der Waals surface area contributed by atoms with Gasteiger partial charge in [-0.05, 0) is 19.3 Å². The molecule has 5 fully saturated rings. The maximum absolute atomic E-state index is 13.8. The van der Waals surface area contributed by atoms with Gasteiger partial charge in [0.05, 0.1) is 63.9 Å². The van der Waals surface area contributed by atoms with E-state index in [2.05, 4.69) is 29.8 Å². The van der Waals surface area contributed by atoms with Crippen molar-refractivity contribution in [1.82, 2.24) is 16.0 Å². The smallest absolute Gasteiger partial charge is 0.364 e. The summed E-state index contributed by atoms with van der Waals surface area (Å²) in [6.45, 7) is 0.353. The van der Waals surface area contributed by atoms with Gasteiger partial charge in [0.2, 0.25) is 17.7 Å². The molecule has 0 aliphatic carbocycles. The first-order valence-electron chi connectivity index (χ1n) is 41.1. The number of ether oxygens (including phenoxy) is 10. The lowest BCUT2D eigenvalue weighted by atomic mass is 9.88. The molecule has 0 aromatic carbocycles. The van der Waals surface area contributed by atoms with E-state index in [1.165, 1.54) is 128 Å². The summed E-state index contributed by atoms with van der Waals surface area (Å²) in [5.74, 6) is -7.70. The third kappa shape index (κ3) is 31.4. The quantitative estimate of drug-likeness (QED) is 0.0291. The Hall–Kier alpha value is -3.42. The normalized spacial score (nSPS) is 33.8. The van der Waals surface area contributed by atoms with Crippen molar-refractivity contribution in [2.45, 2.75) is 411 Å². The van der Waals surface area contributed by atoms with Gasteiger partial charge < -0.3 is 150 Å². The maximum atomic E-state index is 13.8. The lowest BCUT2D eigenvalue weighted by molar-refractivity contribution is -0.403. The van der Waals surface area contributed by atoms with Gasteiger partial charge in [-0.1, -0.05) is 206 Å². The van der Waals surface area contributed by atoms with Crippen LogP contribution in [0.2, 0.25) is 0 Å². The van der Waals surface area contributed by atoms with Crippen LogP contribution >= 0.6 is 0 Å². The number of allylic oxidation sites excluding steroid dienone is 1. The van der Waals surface area contributed by atoms with Crippen LogP contribution in [0.3, 0.4) is 0 Å². The van der Waals surface area contributed by atoms with Gasteiger partial charge in [-0.15, -0.1) is 0 Å². The molecule has 5 saturated heterocycles. The number of unbranched alkanes of at least 4 members (excludes halogenated alkanes) is 29. The van der Waals surface area contributed by atoms with Gasteiger partial charge in [-0.25, -0.2) is 4.79 Å². The number of carboxylic acids is 1. The molecular weight excluding hydrogens is 1460 g/mol. The third-order valence-electron chi connectivity index (χ3n) is 21.6. The van der Waals surface area contributed by atoms with Crippen molar-refractivity contribution in [1.29, 1.82) is 0 Å². The maximum Gasteiger partial charge on any atom is 0.364 e. The number of rotatable bonds is 56. The van der Waals surface area contributed by atoms with Crippen LogP contribution in [0.25, 0.3) is 0 Å². The average Bonchev–Trinajstić information content (AvgIpc) is 0.734. The Kier molecular flexibility index (Phi) is 47.0. The molecule has 0 spiro atoms. The van der Waals surface area contributed by atoms with Crippen molar-refractivity contribution in [2.75, 3.05) is 39.6 Å². The van der Waals surface area contributed by atoms with E-state index in [0.29, 0.717) is 12.8 Å². The van der Waals surface area contributed by atoms with Gasteiger partial charge in [-0.2, -0.15) is 0 Å². The minimum absolute atomic E-state index is 0.135. The molecule has 0 radical (unpaired) electrons. The van der Waals surface area contributed by atoms with Gasteiger partial charge >= 0.3 is 5.97 Å². The zero-order valence-electron chi connectivity index (χ0n) is 65.6. The van der Waals surface area contributed by atoms with Crippen molar-refractivity contribution in [3.63, 3.8) is 0 Å². The number of hydrogen-bond acceptors (Lipinski definition) is 30. The molecule has 0 aromatic heterocycles. The molecule has 5 aliphatic heterocycles. The van der Waals surface area contributed by atoms with Crippen LogP contribution in [-0.2, 0) is 66.5 Å². The molecular formula is C77H139N3O31. The van der Waals surface area contributed by atoms with E-state index < -0.39 is 235 Å². The number of nitrogens with one attached hydrogen (secondary N) is 3. The van der Waals surface area contributed by atoms with E-state index in [-0.39, 0.29) is 12.3 Å². The Morgan fingerprint density at radius 1 is 0.468 bits per heavy atom. The van der Waals surface area contributed by atoms with E-state index >= 15 is 0 Å². The van der Waals surface area contributed by atoms with E-state index in [9.17, 15) is 106 Å². The van der Waals surface area contributed by atoms with E-state index in [0.717, 1.165) is 71.6 Å². The van der Waals surface area contributed by atoms with E-state index in [1.54, 1.807) is 6.08 Å². The minimum Gasteiger partial charge on any atom is -0.477 e. The van der Waals surface area contributed by atoms with E-state index in [1.807, 2.05) is 6.08 Å². The molecule has 5 rings (SSSR count). The summed E-state index contributed by atoms with van der Waals surface area (Å²) in [6.07, 6.45) is -11.3. The van der Waals surface area contributed by atoms with Crippen LogP contribution in [0, 0.1) is 0 Å². The molecule has 34 nitrogen and oxygen atoms in total. The third-order valence-corrected chi connectivity index (χ3v) is 21.6. The monoisotopic (exact) mass is 1600 g/mol. The summed E-state index contributed by atoms with van der Waals surface area (Å²) in [5.41, 5.74) is 0. The number of aliphatic hydroxyl groups is 16. The Labute approximate surface area is 653 Å². The minimum atomic E-state index is -3.38. The number of amides is 3. The predicted octanol–water partition coefficient (Wildman–Crippen LogP) is 0.518. The molecule has 0 aromatic rings. The molecule has 0 bridgehead atoms. The Bertz CT molecular complexity index is 2570. The highest BCUT2D eigenvalue weighted by molar-refractivity contribution is 5.77. The first kappa shape index (κ1) is 98.2. The Balaban J connectivity index is 1.37. The van der Waals surface area contributed by atoms with Gasteiger partial charge in [0.1, 0.15) is 116 Å². The Morgan fingerprint density at radius 3 is 1.39 bits per heavy atom. The van der Waals surface area contributed by atoms with Crippen molar-refractivity contribution in [3.05, 3.63) is 12.2 Å². The second-order valence-corrected chi connectivity index (χ2v) is 30.7. The van der Waals surface area contributed by atoms with Gasteiger partial charge in [-0.3, -0.25) is 14.4 Å². The number of hydrogen-bond donors (Lipinski definition) is 20. The fourth-order valence-corrected chi connectivity index (χ4v) is 15.0. The van der Waals surface area contributed by atoms with E-state index in [4.69, 9.17) is 47.4 Å². The lowest BCUT2D eigenvalue weighted by Crippen LogP contribution is -2.72. The zero-order chi connectivity index (χ0) is 81.6. The van der Waals surface area contributed by atoms with Crippen molar-refractivity contribution >= 4 is 23.7 Å². The Morgan fingerprint density at radius 2 is 0.892 bits per heavy atom. The summed E-state index contributed by atoms with van der Waals surface area (Å²) in [4.78, 5) is 53.1. The van der Waals surface area contributed by atoms with Crippen molar-refractivity contribution < 1.29 is 153 Å². The summed E-state index contributed by atoms with van der Waals surface area (Å²) in [5, 5.41) is 197. The molecule has 20 N–H and O–H groups in total. The topological polar surface area (TPSA) is 541 Å². The summed E-state index contributed by atoms with van der Waals surface area (Å²) in [6, 6.07) is -4.81. The van der Waals surface area contributed by atoms with Crippen LogP contribution in [0.15, 0.2) is 12.2 Å². The fourth-order valence-electron chi connectivity index (χ4n) is 15.0. The number of aliphatic hydroxyl groups excluding tert-OH is 16. The second-order valence-electron chi connectivity index (χ2n) is 30.7. The van der Waals surface area contributed by atoms with Crippen LogP contribution in [-0.4, -0.2) is 321 Å². The predicted molar refractivity (Wildman–Crippen MR) is 397 cm³/mol. The second kappa shape index (κ2) is 53.1. The summed E-state index contributed by atoms with van der Waals surface area (Å²) < 4.78 is 60.2. The van der Waals surface area contributed by atoms with Gasteiger partial charge in [0.25, 0.3) is 5.79 Å². The molecule has 34 heteroatoms. The highest BCUT2D eigenvalue weighted by Crippen LogP contribution is 2.41. The molecule has 5 aliphatic rings. The highest BCUT2D eigenvalue weighted by atomic mass is 16.8. The molecule has 0 unspecified atom stereocenters. The number of aliphatic carboxylic acids is 1. The van der Waals surface area contributed by atoms with Gasteiger partial charge in [0.15, 0.2) is 25.2 Å². The summed E-state index contributed by atoms with van der Waals surface area (Å²) in [7, 11) is 0. The molecule has 111 heavy (non-hydrogen) atoms. The SMILES string of the molecule is CCCCCCCCCCCCCCCCC/C=C/[C@@H](O)[C@H](CO[C@@H]1O[C@H](CO)[C@@H](O[C@@H]2O[C@H](CO)[C@H](O[C@@H]3O[C@H](CO)[C@H](O)[C@H](O[C@@H]4O[C@H](CO)[C@H](O)[C@H](O)[C@H]4O)[C@H]3NC(C)=O)[C@H](O[C@]3(C(=O)O)C[C@H](O)[C@@H](NC(C)=O)[C@H]([C@H](O)[C@H](O)CO)O3)[C@H]2O)[C@H](O)[C@H]1O)NC(=O)CCCCCCCCCCCCCCCCC. The highest BCUT2D eigenvalue weighted by Gasteiger charge is 2.62. The summed E-state index contributed by atoms with van der Waals surface area (Å²) >= 11 is 0. The largest absolute Gasteiger partial charge is 0.477 e. The van der Waals surface area contributed by atoms with Crippen molar-refractivity contribution in [2.24, 2.45) is 0 Å². The van der Waals surface area contributed by atoms with Crippen LogP contribution < -0.4 is 16.0 Å². The molecule has 3 amide bonds. The zero-order valence-corrected chi connectivity index (χ0v) is 65.6. The van der Waals surface area contributed by atoms with Crippen LogP contribution in [0.5, 0.6) is 0 Å². The lowest BCUT2D eigenvalue weighted by Gasteiger charge is -2.52. The average molecular weight is 1600 g/mol. The number of carbonyl (C=O) groups excluding carboxylic acids is 3. The fraction of sp³-hybridized carbons (Fsp3) is 0.922. The number of carboxylic acid groups (broad SMARTS) is 1. The van der Waals surface area contributed by atoms with Gasteiger partial charge in [0, 0.05) is 26.7 Å². The molecule has 648 valence electrons. The number of carbonyl (C=O) groups is 4. The molecule has 0 saturated carbocycles. The molecule has 28 atom stereocenters. The first-order valence-corrected chi connectivity index (χ1v) is 41.1. The van der Waals surface area contributed by atoms with Crippen LogP contribution in [0.1, 0.15) is 240 Å². The molecule has 5 heterocycles. The van der Waals surface area contributed by atoms with Crippen LogP contribution in [0.4, 0.5) is 0 Å². The standard InChI is InChI=1S/C77H139N3O31/c1-5-7-9-11-13-15-17-19-21-22-24-25-27-29-31-33-35-37-49(88)48(80-56(91)38-36-34-32-30-28-26-23-20-18-16-14-12-10-8-6-2)45-102-73-65(98)63(96)67(54(43-84)105-73)107-75-66(99)71(111-77(76(100)101)39-50(89)57(78-46(3)86)70(110-77)59(92)51(90)40-81)68(55(44-85)106-75)108-72-58(79-47(4)87)69(61(94)53(42-83)103-72)109-74-64(97)62(95)60(93)52(41-82)104-74/h35,37,48-55,57-75,81-85,88-90,92-99H,5-34,36,38-45H2,1-4H3,(H,78,86)(H,79,87)(H,80,91)(H,100,101)/b37-35+/t48-,49+,50-,51+,52+,53+,54+,55+,57+,58+,59+,60-,61-,62-,63+,64+,65+,66+,67+,68-,69+,70+,71+,72-,73+,74-,75-,77-/m0/s1.